The van der Waals surface area contributed by atoms with Crippen molar-refractivity contribution in [1.82, 2.24) is 10.2 Å². The van der Waals surface area contributed by atoms with E-state index < -0.39 is 12.0 Å². The van der Waals surface area contributed by atoms with Gasteiger partial charge in [0.05, 0.1) is 13.2 Å². The van der Waals surface area contributed by atoms with Crippen molar-refractivity contribution in [2.24, 2.45) is 0 Å². The van der Waals surface area contributed by atoms with Crippen LogP contribution < -0.4 is 5.32 Å². The van der Waals surface area contributed by atoms with Gasteiger partial charge in [0.2, 0.25) is 0 Å². The summed E-state index contributed by atoms with van der Waals surface area (Å²) in [5.41, 5.74) is 1.94. The maximum atomic E-state index is 11.4. The molecule has 5 nitrogen and oxygen atoms in total. The predicted octanol–water partition coefficient (Wildman–Crippen LogP) is 1.43. The molecule has 1 aromatic rings. The average molecular weight is 292 g/mol. The van der Waals surface area contributed by atoms with Crippen LogP contribution in [0.2, 0.25) is 0 Å². The van der Waals surface area contributed by atoms with E-state index in [0.717, 1.165) is 50.4 Å². The topological polar surface area (TPSA) is 61.8 Å². The number of carboxylic acids is 1. The monoisotopic (exact) mass is 292 g/mol. The van der Waals surface area contributed by atoms with Crippen LogP contribution in [-0.4, -0.2) is 55.4 Å². The minimum absolute atomic E-state index is 0.629. The minimum atomic E-state index is -0.828. The van der Waals surface area contributed by atoms with E-state index in [1.54, 1.807) is 0 Å². The van der Waals surface area contributed by atoms with Crippen LogP contribution in [0.3, 0.4) is 0 Å². The molecule has 0 aromatic heterocycles. The van der Waals surface area contributed by atoms with Gasteiger partial charge in [-0.15, -0.1) is 0 Å². The van der Waals surface area contributed by atoms with Crippen LogP contribution in [0.25, 0.3) is 0 Å². The molecule has 1 saturated heterocycles. The lowest BCUT2D eigenvalue weighted by atomic mass is 10.1. The first-order valence-corrected chi connectivity index (χ1v) is 7.49. The maximum absolute atomic E-state index is 11.4. The first-order chi connectivity index (χ1) is 10.2. The number of hydrogen-bond acceptors (Lipinski definition) is 4. The van der Waals surface area contributed by atoms with E-state index in [0.29, 0.717) is 6.54 Å². The van der Waals surface area contributed by atoms with Gasteiger partial charge in [0, 0.05) is 13.1 Å². The summed E-state index contributed by atoms with van der Waals surface area (Å²) in [6.07, 6.45) is 0.940. The van der Waals surface area contributed by atoms with Gasteiger partial charge in [0.1, 0.15) is 6.04 Å². The van der Waals surface area contributed by atoms with Gasteiger partial charge in [-0.1, -0.05) is 29.8 Å². The molecule has 2 N–H and O–H groups in total. The molecule has 1 atom stereocenters. The van der Waals surface area contributed by atoms with Crippen LogP contribution in [0.1, 0.15) is 23.6 Å². The second-order valence-electron chi connectivity index (χ2n) is 5.44. The van der Waals surface area contributed by atoms with Crippen LogP contribution in [-0.2, 0) is 9.53 Å². The summed E-state index contributed by atoms with van der Waals surface area (Å²) in [5, 5.41) is 12.5. The van der Waals surface area contributed by atoms with Crippen molar-refractivity contribution in [1.29, 1.82) is 0 Å². The van der Waals surface area contributed by atoms with Crippen molar-refractivity contribution in [3.8, 4) is 0 Å². The quantitative estimate of drug-likeness (QED) is 0.745. The van der Waals surface area contributed by atoms with Crippen molar-refractivity contribution in [2.45, 2.75) is 19.4 Å². The zero-order valence-electron chi connectivity index (χ0n) is 12.5. The lowest BCUT2D eigenvalue weighted by Gasteiger charge is -2.26. The van der Waals surface area contributed by atoms with Crippen molar-refractivity contribution in [2.75, 3.05) is 39.4 Å². The molecule has 0 radical (unpaired) electrons. The van der Waals surface area contributed by atoms with Gasteiger partial charge in [0.15, 0.2) is 0 Å². The Kier molecular flexibility index (Phi) is 6.17. The minimum Gasteiger partial charge on any atom is -0.480 e. The average Bonchev–Trinajstić information content (AvgIpc) is 2.49. The molecule has 0 spiro atoms. The number of benzene rings is 1. The molecular weight excluding hydrogens is 268 g/mol. The van der Waals surface area contributed by atoms with E-state index >= 15 is 0 Å². The van der Waals surface area contributed by atoms with E-state index in [4.69, 9.17) is 4.74 Å². The number of ether oxygens (including phenoxy) is 1. The summed E-state index contributed by atoms with van der Waals surface area (Å²) in [7, 11) is 0. The fourth-order valence-corrected chi connectivity index (χ4v) is 2.48. The van der Waals surface area contributed by atoms with Gasteiger partial charge in [-0.2, -0.15) is 0 Å². The van der Waals surface area contributed by atoms with Gasteiger partial charge in [-0.05, 0) is 32.0 Å². The third-order valence-electron chi connectivity index (χ3n) is 3.76. The molecule has 1 fully saturated rings. The highest BCUT2D eigenvalue weighted by Crippen LogP contribution is 2.14. The molecule has 0 aliphatic carbocycles. The fourth-order valence-electron chi connectivity index (χ4n) is 2.48. The van der Waals surface area contributed by atoms with Crippen LogP contribution in [0.5, 0.6) is 0 Å². The number of morpholine rings is 1. The summed E-state index contributed by atoms with van der Waals surface area (Å²) in [6.45, 7) is 7.22. The first-order valence-electron chi connectivity index (χ1n) is 7.49. The van der Waals surface area contributed by atoms with Gasteiger partial charge >= 0.3 is 5.97 Å². The van der Waals surface area contributed by atoms with Crippen LogP contribution >= 0.6 is 0 Å². The lowest BCUT2D eigenvalue weighted by Crippen LogP contribution is -2.38. The number of hydrogen-bond donors (Lipinski definition) is 2. The molecule has 0 saturated carbocycles. The molecule has 5 heteroatoms. The number of nitrogens with one attached hydrogen (secondary N) is 1. The Bertz CT molecular complexity index is 441. The van der Waals surface area contributed by atoms with Crippen molar-refractivity contribution in [3.05, 3.63) is 35.4 Å². The summed E-state index contributed by atoms with van der Waals surface area (Å²) in [6, 6.07) is 7.02. The van der Waals surface area contributed by atoms with E-state index in [-0.39, 0.29) is 0 Å². The zero-order valence-corrected chi connectivity index (χ0v) is 12.5. The SMILES string of the molecule is Cc1ccc(C(NCCCN2CCOCC2)C(=O)O)cc1. The number of rotatable bonds is 7. The normalized spacial score (nSPS) is 17.6. The Morgan fingerprint density at radius 3 is 2.62 bits per heavy atom. The third-order valence-corrected chi connectivity index (χ3v) is 3.76. The van der Waals surface area contributed by atoms with Gasteiger partial charge in [-0.25, -0.2) is 0 Å². The molecule has 1 aromatic carbocycles. The third kappa shape index (κ3) is 5.12. The highest BCUT2D eigenvalue weighted by Gasteiger charge is 2.18. The van der Waals surface area contributed by atoms with E-state index in [1.165, 1.54) is 0 Å². The van der Waals surface area contributed by atoms with Crippen molar-refractivity contribution in [3.63, 3.8) is 0 Å². The van der Waals surface area contributed by atoms with Gasteiger partial charge < -0.3 is 15.2 Å². The van der Waals surface area contributed by atoms with E-state index in [2.05, 4.69) is 10.2 Å². The fraction of sp³-hybridized carbons (Fsp3) is 0.562. The smallest absolute Gasteiger partial charge is 0.325 e. The Hall–Kier alpha value is -1.43. The maximum Gasteiger partial charge on any atom is 0.325 e. The number of carboxylic acid groups (broad SMARTS) is 1. The lowest BCUT2D eigenvalue weighted by molar-refractivity contribution is -0.139. The number of aliphatic carboxylic acids is 1. The van der Waals surface area contributed by atoms with E-state index in [1.807, 2.05) is 31.2 Å². The molecule has 116 valence electrons. The summed E-state index contributed by atoms with van der Waals surface area (Å²) >= 11 is 0. The summed E-state index contributed by atoms with van der Waals surface area (Å²) < 4.78 is 5.31. The predicted molar refractivity (Wildman–Crippen MR) is 81.4 cm³/mol. The number of aryl methyl sites for hydroxylation is 1. The zero-order chi connectivity index (χ0) is 15.1. The Morgan fingerprint density at radius 2 is 2.00 bits per heavy atom. The first kappa shape index (κ1) is 15.9. The van der Waals surface area contributed by atoms with Crippen molar-refractivity contribution < 1.29 is 14.6 Å². The van der Waals surface area contributed by atoms with Gasteiger partial charge in [-0.3, -0.25) is 9.69 Å². The molecule has 2 rings (SSSR count). The van der Waals surface area contributed by atoms with Crippen LogP contribution in [0.4, 0.5) is 0 Å². The molecule has 1 heterocycles. The standard InChI is InChI=1S/C16H24N2O3/c1-13-3-5-14(6-4-13)15(16(19)20)17-7-2-8-18-9-11-21-12-10-18/h3-6,15,17H,2,7-12H2,1H3,(H,19,20). The molecular formula is C16H24N2O3. The van der Waals surface area contributed by atoms with Crippen molar-refractivity contribution >= 4 is 5.97 Å². The summed E-state index contributed by atoms with van der Waals surface area (Å²) in [4.78, 5) is 13.7. The molecule has 1 aliphatic heterocycles. The van der Waals surface area contributed by atoms with Gasteiger partial charge in [0.25, 0.3) is 0 Å². The Balaban J connectivity index is 1.77. The highest BCUT2D eigenvalue weighted by atomic mass is 16.5. The number of carbonyl (C=O) groups is 1. The highest BCUT2D eigenvalue weighted by molar-refractivity contribution is 5.75. The molecule has 1 unspecified atom stereocenters. The molecule has 1 aliphatic rings. The molecule has 0 amide bonds. The summed E-state index contributed by atoms with van der Waals surface area (Å²) in [5.74, 6) is -0.828. The number of nitrogens with zero attached hydrogens (tertiary/aromatic N) is 1. The second kappa shape index (κ2) is 8.12. The molecule has 0 bridgehead atoms. The molecule has 21 heavy (non-hydrogen) atoms. The van der Waals surface area contributed by atoms with Crippen LogP contribution in [0.15, 0.2) is 24.3 Å². The second-order valence-corrected chi connectivity index (χ2v) is 5.44. The largest absolute Gasteiger partial charge is 0.480 e. The van der Waals surface area contributed by atoms with Crippen LogP contribution in [0, 0.1) is 6.92 Å². The Labute approximate surface area is 125 Å². The van der Waals surface area contributed by atoms with E-state index in [9.17, 15) is 9.90 Å². The Morgan fingerprint density at radius 1 is 1.33 bits per heavy atom.